The Morgan fingerprint density at radius 1 is 1.60 bits per heavy atom. The number of aliphatic hydroxyl groups is 1. The van der Waals surface area contributed by atoms with E-state index in [1.165, 1.54) is 13.4 Å². The third-order valence-electron chi connectivity index (χ3n) is 3.43. The lowest BCUT2D eigenvalue weighted by molar-refractivity contribution is -0.146. The first-order valence-electron chi connectivity index (χ1n) is 6.88. The second-order valence-corrected chi connectivity index (χ2v) is 5.61. The first-order valence-corrected chi connectivity index (χ1v) is 6.88. The molecule has 1 aromatic heterocycles. The van der Waals surface area contributed by atoms with Crippen LogP contribution in [0.3, 0.4) is 0 Å². The van der Waals surface area contributed by atoms with Crippen molar-refractivity contribution in [2.75, 3.05) is 13.7 Å². The van der Waals surface area contributed by atoms with Gasteiger partial charge in [-0.15, -0.1) is 0 Å². The van der Waals surface area contributed by atoms with E-state index in [2.05, 4.69) is 23.9 Å². The molecule has 2 heterocycles. The van der Waals surface area contributed by atoms with Gasteiger partial charge in [0.05, 0.1) is 19.8 Å². The van der Waals surface area contributed by atoms with Gasteiger partial charge in [-0.1, -0.05) is 13.8 Å². The number of carbonyl (C=O) groups is 1. The summed E-state index contributed by atoms with van der Waals surface area (Å²) in [5.74, 6) is 0.967. The molecule has 1 aliphatic heterocycles. The van der Waals surface area contributed by atoms with E-state index >= 15 is 0 Å². The molecule has 2 rings (SSSR count). The largest absolute Gasteiger partial charge is 0.468 e. The second-order valence-electron chi connectivity index (χ2n) is 5.61. The van der Waals surface area contributed by atoms with Gasteiger partial charge >= 0.3 is 5.97 Å². The van der Waals surface area contributed by atoms with Crippen LogP contribution < -0.4 is 0 Å². The Balaban J connectivity index is 2.08. The van der Waals surface area contributed by atoms with Crippen molar-refractivity contribution in [3.05, 3.63) is 12.2 Å². The molecule has 1 fully saturated rings. The highest BCUT2D eigenvalue weighted by molar-refractivity contribution is 5.76. The Bertz CT molecular complexity index is 460. The first-order chi connectivity index (χ1) is 9.51. The molecular formula is C13H22N4O3. The summed E-state index contributed by atoms with van der Waals surface area (Å²) in [5, 5.41) is 14.0. The van der Waals surface area contributed by atoms with Gasteiger partial charge in [-0.3, -0.25) is 9.69 Å². The number of hydrogen-bond acceptors (Lipinski definition) is 6. The zero-order valence-electron chi connectivity index (χ0n) is 12.2. The topological polar surface area (TPSA) is 80.5 Å². The molecule has 0 aliphatic carbocycles. The van der Waals surface area contributed by atoms with Crippen molar-refractivity contribution in [2.24, 2.45) is 5.92 Å². The summed E-state index contributed by atoms with van der Waals surface area (Å²) in [6, 6.07) is -0.404. The fourth-order valence-corrected chi connectivity index (χ4v) is 2.53. The summed E-state index contributed by atoms with van der Waals surface area (Å²) in [5.41, 5.74) is 0. The third-order valence-corrected chi connectivity index (χ3v) is 3.43. The van der Waals surface area contributed by atoms with Gasteiger partial charge in [-0.25, -0.2) is 9.67 Å². The van der Waals surface area contributed by atoms with E-state index in [0.29, 0.717) is 25.4 Å². The molecule has 0 bridgehead atoms. The number of methoxy groups -OCH3 is 1. The SMILES string of the molecule is COC(=O)C1CC(O)CN1Cc1ncnn1CC(C)C. The highest BCUT2D eigenvalue weighted by Gasteiger charge is 2.37. The summed E-state index contributed by atoms with van der Waals surface area (Å²) < 4.78 is 6.64. The van der Waals surface area contributed by atoms with E-state index in [9.17, 15) is 9.90 Å². The number of rotatable bonds is 5. The van der Waals surface area contributed by atoms with Gasteiger partial charge in [-0.2, -0.15) is 5.10 Å². The van der Waals surface area contributed by atoms with E-state index in [4.69, 9.17) is 4.74 Å². The lowest BCUT2D eigenvalue weighted by atomic mass is 10.2. The van der Waals surface area contributed by atoms with Crippen LogP contribution in [0.25, 0.3) is 0 Å². The third kappa shape index (κ3) is 3.34. The minimum atomic E-state index is -0.499. The average Bonchev–Trinajstić information content (AvgIpc) is 2.96. The van der Waals surface area contributed by atoms with Gasteiger partial charge in [0.1, 0.15) is 18.2 Å². The van der Waals surface area contributed by atoms with Gasteiger partial charge in [0.15, 0.2) is 0 Å². The van der Waals surface area contributed by atoms with Crippen LogP contribution in [0.15, 0.2) is 6.33 Å². The van der Waals surface area contributed by atoms with Crippen LogP contribution in [0.1, 0.15) is 26.1 Å². The minimum Gasteiger partial charge on any atom is -0.468 e. The highest BCUT2D eigenvalue weighted by atomic mass is 16.5. The number of β-amino-alcohol motifs (C(OH)–C–C–N with tert-alkyl or cyclic N) is 1. The van der Waals surface area contributed by atoms with Crippen molar-refractivity contribution in [2.45, 2.75) is 45.5 Å². The molecule has 0 amide bonds. The van der Waals surface area contributed by atoms with E-state index in [1.54, 1.807) is 0 Å². The molecular weight excluding hydrogens is 260 g/mol. The van der Waals surface area contributed by atoms with Crippen LogP contribution in [0.2, 0.25) is 0 Å². The van der Waals surface area contributed by atoms with Crippen molar-refractivity contribution >= 4 is 5.97 Å². The van der Waals surface area contributed by atoms with Gasteiger partial charge in [0.2, 0.25) is 0 Å². The summed E-state index contributed by atoms with van der Waals surface area (Å²) >= 11 is 0. The Morgan fingerprint density at radius 3 is 3.00 bits per heavy atom. The predicted molar refractivity (Wildman–Crippen MR) is 71.7 cm³/mol. The Hall–Kier alpha value is -1.47. The maximum atomic E-state index is 11.7. The number of hydrogen-bond donors (Lipinski definition) is 1. The molecule has 0 spiro atoms. The molecule has 1 aromatic rings. The molecule has 0 saturated carbocycles. The summed E-state index contributed by atoms with van der Waals surface area (Å²) in [6.45, 7) is 5.96. The summed E-state index contributed by atoms with van der Waals surface area (Å²) in [7, 11) is 1.37. The standard InChI is InChI=1S/C13H22N4O3/c1-9(2)5-17-12(14-8-15-17)7-16-6-10(18)4-11(16)13(19)20-3/h8-11,18H,4-7H2,1-3H3. The molecule has 112 valence electrons. The number of nitrogens with zero attached hydrogens (tertiary/aromatic N) is 4. The van der Waals surface area contributed by atoms with Crippen LogP contribution in [-0.2, 0) is 22.6 Å². The Kier molecular flexibility index (Phi) is 4.72. The quantitative estimate of drug-likeness (QED) is 0.768. The molecule has 2 atom stereocenters. The smallest absolute Gasteiger partial charge is 0.323 e. The molecule has 1 N–H and O–H groups in total. The number of aliphatic hydroxyl groups excluding tert-OH is 1. The zero-order chi connectivity index (χ0) is 14.7. The lowest BCUT2D eigenvalue weighted by Gasteiger charge is -2.21. The van der Waals surface area contributed by atoms with Gasteiger partial charge in [0, 0.05) is 19.5 Å². The molecule has 2 unspecified atom stereocenters. The van der Waals surface area contributed by atoms with E-state index in [-0.39, 0.29) is 5.97 Å². The minimum absolute atomic E-state index is 0.309. The van der Waals surface area contributed by atoms with Gasteiger partial charge < -0.3 is 9.84 Å². The number of esters is 1. The summed E-state index contributed by atoms with van der Waals surface area (Å²) in [4.78, 5) is 17.9. The number of likely N-dealkylation sites (tertiary alicyclic amines) is 1. The molecule has 7 nitrogen and oxygen atoms in total. The molecule has 1 saturated heterocycles. The average molecular weight is 282 g/mol. The van der Waals surface area contributed by atoms with Crippen molar-refractivity contribution in [1.82, 2.24) is 19.7 Å². The van der Waals surface area contributed by atoms with Gasteiger partial charge in [-0.05, 0) is 5.92 Å². The highest BCUT2D eigenvalue weighted by Crippen LogP contribution is 2.21. The second kappa shape index (κ2) is 6.32. The van der Waals surface area contributed by atoms with Crippen molar-refractivity contribution in [3.8, 4) is 0 Å². The van der Waals surface area contributed by atoms with Crippen molar-refractivity contribution in [1.29, 1.82) is 0 Å². The zero-order valence-corrected chi connectivity index (χ0v) is 12.2. The lowest BCUT2D eigenvalue weighted by Crippen LogP contribution is -2.37. The fourth-order valence-electron chi connectivity index (χ4n) is 2.53. The van der Waals surface area contributed by atoms with E-state index < -0.39 is 12.1 Å². The fraction of sp³-hybridized carbons (Fsp3) is 0.769. The number of ether oxygens (including phenoxy) is 1. The molecule has 20 heavy (non-hydrogen) atoms. The number of carbonyl (C=O) groups excluding carboxylic acids is 1. The maximum absolute atomic E-state index is 11.7. The predicted octanol–water partition coefficient (Wildman–Crippen LogP) is 0.0423. The van der Waals surface area contributed by atoms with Crippen LogP contribution in [0.4, 0.5) is 0 Å². The van der Waals surface area contributed by atoms with Crippen LogP contribution >= 0.6 is 0 Å². The van der Waals surface area contributed by atoms with Crippen molar-refractivity contribution < 1.29 is 14.6 Å². The Morgan fingerprint density at radius 2 is 2.35 bits per heavy atom. The maximum Gasteiger partial charge on any atom is 0.323 e. The van der Waals surface area contributed by atoms with Crippen molar-refractivity contribution in [3.63, 3.8) is 0 Å². The van der Waals surface area contributed by atoms with E-state index in [1.807, 2.05) is 9.58 Å². The Labute approximate surface area is 118 Å². The summed E-state index contributed by atoms with van der Waals surface area (Å²) in [6.07, 6.45) is 1.43. The van der Waals surface area contributed by atoms with Gasteiger partial charge in [0.25, 0.3) is 0 Å². The number of aromatic nitrogens is 3. The van der Waals surface area contributed by atoms with E-state index in [0.717, 1.165) is 12.4 Å². The molecule has 7 heteroatoms. The van der Waals surface area contributed by atoms with Crippen LogP contribution in [0, 0.1) is 5.92 Å². The molecule has 0 radical (unpaired) electrons. The van der Waals surface area contributed by atoms with Crippen LogP contribution in [-0.4, -0.2) is 56.5 Å². The molecule has 1 aliphatic rings. The molecule has 0 aromatic carbocycles. The first kappa shape index (κ1) is 14.9. The van der Waals surface area contributed by atoms with Crippen LogP contribution in [0.5, 0.6) is 0 Å². The monoisotopic (exact) mass is 282 g/mol. The normalized spacial score (nSPS) is 23.4.